The summed E-state index contributed by atoms with van der Waals surface area (Å²) in [6.45, 7) is 2.92. The Morgan fingerprint density at radius 2 is 2.00 bits per heavy atom. The normalized spacial score (nSPS) is 10.4. The summed E-state index contributed by atoms with van der Waals surface area (Å²) in [6.07, 6.45) is 2.33. The molecule has 0 spiro atoms. The summed E-state index contributed by atoms with van der Waals surface area (Å²) < 4.78 is 0. The van der Waals surface area contributed by atoms with Gasteiger partial charge in [0.1, 0.15) is 0 Å². The summed E-state index contributed by atoms with van der Waals surface area (Å²) in [4.78, 5) is 14.1. The lowest BCUT2D eigenvalue weighted by atomic mass is 10.2. The van der Waals surface area contributed by atoms with Gasteiger partial charge in [-0.25, -0.2) is 0 Å². The zero-order valence-electron chi connectivity index (χ0n) is 11.8. The molecule has 0 saturated heterocycles. The first kappa shape index (κ1) is 15.7. The Bertz CT molecular complexity index is 354. The molecule has 0 heterocycles. The van der Waals surface area contributed by atoms with E-state index in [1.807, 2.05) is 30.1 Å². The summed E-state index contributed by atoms with van der Waals surface area (Å²) in [5.74, 6) is 0.215. The maximum absolute atomic E-state index is 12.2. The second kappa shape index (κ2) is 9.53. The van der Waals surface area contributed by atoms with Crippen LogP contribution in [0.5, 0.6) is 0 Å². The van der Waals surface area contributed by atoms with Crippen LogP contribution in [0.4, 0.5) is 0 Å². The van der Waals surface area contributed by atoms with Gasteiger partial charge in [-0.2, -0.15) is 0 Å². The largest absolute Gasteiger partial charge is 0.338 e. The molecule has 3 N–H and O–H groups in total. The van der Waals surface area contributed by atoms with Crippen LogP contribution < -0.4 is 11.1 Å². The van der Waals surface area contributed by atoms with Crippen LogP contribution in [0.1, 0.15) is 24.8 Å². The molecule has 4 nitrogen and oxygen atoms in total. The fraction of sp³-hybridized carbons (Fsp3) is 0.533. The average Bonchev–Trinajstić information content (AvgIpc) is 2.44. The minimum atomic E-state index is 0.215. The molecular weight excluding hydrogens is 238 g/mol. The number of amides is 1. The van der Waals surface area contributed by atoms with E-state index in [4.69, 9.17) is 5.73 Å². The van der Waals surface area contributed by atoms with Crippen molar-refractivity contribution in [1.29, 1.82) is 0 Å². The van der Waals surface area contributed by atoms with Gasteiger partial charge in [-0.05, 0) is 38.5 Å². The van der Waals surface area contributed by atoms with Crippen molar-refractivity contribution in [1.82, 2.24) is 10.2 Å². The Hall–Kier alpha value is -1.39. The lowest BCUT2D eigenvalue weighted by Gasteiger charge is -2.22. The lowest BCUT2D eigenvalue weighted by Crippen LogP contribution is -2.32. The van der Waals surface area contributed by atoms with Gasteiger partial charge in [0, 0.05) is 19.5 Å². The smallest absolute Gasteiger partial charge is 0.222 e. The molecule has 4 heteroatoms. The van der Waals surface area contributed by atoms with E-state index >= 15 is 0 Å². The molecule has 106 valence electrons. The molecule has 0 aromatic heterocycles. The summed E-state index contributed by atoms with van der Waals surface area (Å²) in [6, 6.07) is 10.1. The molecule has 0 aliphatic rings. The van der Waals surface area contributed by atoms with Gasteiger partial charge in [0.2, 0.25) is 5.91 Å². The SMILES string of the molecule is CNCCCC(=O)N(CCCN)Cc1ccccc1. The maximum atomic E-state index is 12.2. The molecule has 0 radical (unpaired) electrons. The zero-order valence-corrected chi connectivity index (χ0v) is 11.8. The van der Waals surface area contributed by atoms with Gasteiger partial charge in [0.25, 0.3) is 0 Å². The van der Waals surface area contributed by atoms with E-state index in [0.29, 0.717) is 19.5 Å². The van der Waals surface area contributed by atoms with Crippen LogP contribution in [0.25, 0.3) is 0 Å². The number of benzene rings is 1. The molecule has 0 aliphatic carbocycles. The highest BCUT2D eigenvalue weighted by Gasteiger charge is 2.12. The molecule has 1 amide bonds. The zero-order chi connectivity index (χ0) is 13.9. The summed E-state index contributed by atoms with van der Waals surface area (Å²) >= 11 is 0. The predicted molar refractivity (Wildman–Crippen MR) is 78.7 cm³/mol. The Labute approximate surface area is 116 Å². The minimum Gasteiger partial charge on any atom is -0.338 e. The van der Waals surface area contributed by atoms with Crippen LogP contribution in [0.3, 0.4) is 0 Å². The van der Waals surface area contributed by atoms with Crippen molar-refractivity contribution in [2.75, 3.05) is 26.7 Å². The van der Waals surface area contributed by atoms with Gasteiger partial charge in [-0.1, -0.05) is 30.3 Å². The second-order valence-corrected chi connectivity index (χ2v) is 4.65. The fourth-order valence-corrected chi connectivity index (χ4v) is 1.95. The average molecular weight is 263 g/mol. The Morgan fingerprint density at radius 1 is 1.26 bits per heavy atom. The number of carbonyl (C=O) groups is 1. The summed E-state index contributed by atoms with van der Waals surface area (Å²) in [5.41, 5.74) is 6.71. The van der Waals surface area contributed by atoms with Gasteiger partial charge in [-0.3, -0.25) is 4.79 Å². The van der Waals surface area contributed by atoms with E-state index in [1.54, 1.807) is 0 Å². The van der Waals surface area contributed by atoms with Crippen LogP contribution in [-0.2, 0) is 11.3 Å². The molecule has 19 heavy (non-hydrogen) atoms. The van der Waals surface area contributed by atoms with Crippen LogP contribution in [0.15, 0.2) is 30.3 Å². The second-order valence-electron chi connectivity index (χ2n) is 4.65. The Balaban J connectivity index is 2.53. The van der Waals surface area contributed by atoms with Crippen LogP contribution in [0, 0.1) is 0 Å². The van der Waals surface area contributed by atoms with E-state index in [-0.39, 0.29) is 5.91 Å². The molecule has 0 unspecified atom stereocenters. The van der Waals surface area contributed by atoms with E-state index in [2.05, 4.69) is 17.4 Å². The first-order valence-electron chi connectivity index (χ1n) is 6.94. The van der Waals surface area contributed by atoms with Crippen LogP contribution in [0.2, 0.25) is 0 Å². The first-order valence-corrected chi connectivity index (χ1v) is 6.94. The molecule has 1 aromatic carbocycles. The first-order chi connectivity index (χ1) is 9.27. The van der Waals surface area contributed by atoms with Gasteiger partial charge >= 0.3 is 0 Å². The molecule has 0 atom stereocenters. The molecule has 0 saturated carbocycles. The van der Waals surface area contributed by atoms with Crippen molar-refractivity contribution in [2.24, 2.45) is 5.73 Å². The monoisotopic (exact) mass is 263 g/mol. The summed E-state index contributed by atoms with van der Waals surface area (Å²) in [5, 5.41) is 3.06. The molecule has 1 aromatic rings. The quantitative estimate of drug-likeness (QED) is 0.661. The van der Waals surface area contributed by atoms with Crippen molar-refractivity contribution in [3.63, 3.8) is 0 Å². The number of hydrogen-bond acceptors (Lipinski definition) is 3. The van der Waals surface area contributed by atoms with Crippen LogP contribution in [-0.4, -0.2) is 37.5 Å². The molecule has 0 fully saturated rings. The molecule has 0 bridgehead atoms. The van der Waals surface area contributed by atoms with Gasteiger partial charge < -0.3 is 16.0 Å². The fourth-order valence-electron chi connectivity index (χ4n) is 1.95. The third-order valence-corrected chi connectivity index (χ3v) is 3.02. The highest BCUT2D eigenvalue weighted by molar-refractivity contribution is 5.76. The topological polar surface area (TPSA) is 58.4 Å². The maximum Gasteiger partial charge on any atom is 0.222 e. The van der Waals surface area contributed by atoms with E-state index in [0.717, 1.165) is 25.9 Å². The Morgan fingerprint density at radius 3 is 2.63 bits per heavy atom. The van der Waals surface area contributed by atoms with E-state index < -0.39 is 0 Å². The van der Waals surface area contributed by atoms with Crippen LogP contribution >= 0.6 is 0 Å². The van der Waals surface area contributed by atoms with E-state index in [9.17, 15) is 4.79 Å². The number of rotatable bonds is 9. The molecule has 1 rings (SSSR count). The van der Waals surface area contributed by atoms with Crippen molar-refractivity contribution in [3.8, 4) is 0 Å². The van der Waals surface area contributed by atoms with Gasteiger partial charge in [0.15, 0.2) is 0 Å². The highest BCUT2D eigenvalue weighted by atomic mass is 16.2. The standard InChI is InChI=1S/C15H25N3O/c1-17-11-5-9-15(19)18(12-6-10-16)13-14-7-3-2-4-8-14/h2-4,7-8,17H,5-6,9-13,16H2,1H3. The van der Waals surface area contributed by atoms with Crippen molar-refractivity contribution >= 4 is 5.91 Å². The molecule has 0 aliphatic heterocycles. The number of nitrogens with two attached hydrogens (primary N) is 1. The van der Waals surface area contributed by atoms with E-state index in [1.165, 1.54) is 5.56 Å². The van der Waals surface area contributed by atoms with Gasteiger partial charge in [-0.15, -0.1) is 0 Å². The number of nitrogens with zero attached hydrogens (tertiary/aromatic N) is 1. The predicted octanol–water partition coefficient (Wildman–Crippen LogP) is 1.36. The minimum absolute atomic E-state index is 0.215. The number of hydrogen-bond donors (Lipinski definition) is 2. The Kier molecular flexibility index (Phi) is 7.86. The number of carbonyl (C=O) groups excluding carboxylic acids is 1. The van der Waals surface area contributed by atoms with Crippen molar-refractivity contribution < 1.29 is 4.79 Å². The van der Waals surface area contributed by atoms with Gasteiger partial charge in [0.05, 0.1) is 0 Å². The number of nitrogens with one attached hydrogen (secondary N) is 1. The van der Waals surface area contributed by atoms with Crippen molar-refractivity contribution in [3.05, 3.63) is 35.9 Å². The summed E-state index contributed by atoms with van der Waals surface area (Å²) in [7, 11) is 1.90. The third kappa shape index (κ3) is 6.36. The lowest BCUT2D eigenvalue weighted by molar-refractivity contribution is -0.132. The highest BCUT2D eigenvalue weighted by Crippen LogP contribution is 2.07. The van der Waals surface area contributed by atoms with Crippen molar-refractivity contribution in [2.45, 2.75) is 25.8 Å². The molecular formula is C15H25N3O. The third-order valence-electron chi connectivity index (χ3n) is 3.02.